The molecule has 138 valence electrons. The van der Waals surface area contributed by atoms with Crippen molar-refractivity contribution in [3.05, 3.63) is 33.1 Å². The lowest BCUT2D eigenvalue weighted by Crippen LogP contribution is -2.45. The molecular weight excluding hydrogens is 312 g/mol. The van der Waals surface area contributed by atoms with E-state index in [-0.39, 0.29) is 25.2 Å². The molecule has 1 heterocycles. The van der Waals surface area contributed by atoms with Gasteiger partial charge in [0.25, 0.3) is 5.56 Å². The summed E-state index contributed by atoms with van der Waals surface area (Å²) >= 11 is 0. The van der Waals surface area contributed by atoms with E-state index < -0.39 is 23.5 Å². The Morgan fingerprint density at radius 2 is 1.46 bits per heavy atom. The van der Waals surface area contributed by atoms with Crippen molar-refractivity contribution in [1.29, 1.82) is 0 Å². The minimum absolute atomic E-state index is 0.0825. The van der Waals surface area contributed by atoms with Gasteiger partial charge in [0.2, 0.25) is 0 Å². The molecule has 8 nitrogen and oxygen atoms in total. The highest BCUT2D eigenvalue weighted by molar-refractivity contribution is 4.88. The summed E-state index contributed by atoms with van der Waals surface area (Å²) < 4.78 is 2.28. The molecule has 0 aromatic carbocycles. The van der Waals surface area contributed by atoms with E-state index in [9.17, 15) is 19.8 Å². The minimum Gasteiger partial charge on any atom is -0.390 e. The highest BCUT2D eigenvalue weighted by atomic mass is 16.3. The molecule has 0 saturated heterocycles. The van der Waals surface area contributed by atoms with Crippen molar-refractivity contribution >= 4 is 0 Å². The van der Waals surface area contributed by atoms with Gasteiger partial charge in [-0.2, -0.15) is 0 Å². The molecule has 1 aromatic heterocycles. The number of aliphatic hydroxyl groups is 2. The lowest BCUT2D eigenvalue weighted by Gasteiger charge is -2.18. The fraction of sp³-hybridized carbons (Fsp3) is 0.750. The summed E-state index contributed by atoms with van der Waals surface area (Å²) in [5.74, 6) is 0. The van der Waals surface area contributed by atoms with Gasteiger partial charge in [-0.1, -0.05) is 27.7 Å². The first-order chi connectivity index (χ1) is 11.2. The van der Waals surface area contributed by atoms with Crippen LogP contribution in [0.5, 0.6) is 0 Å². The van der Waals surface area contributed by atoms with Gasteiger partial charge in [0.05, 0.1) is 25.3 Å². The van der Waals surface area contributed by atoms with Gasteiger partial charge in [0, 0.05) is 37.4 Å². The van der Waals surface area contributed by atoms with Gasteiger partial charge in [0.1, 0.15) is 0 Å². The maximum absolute atomic E-state index is 12.4. The SMILES string of the molecule is CC(C)NCC(O)Cn1ccc(=O)n(CC(O)CNC(C)C)c1=O. The first kappa shape index (κ1) is 20.6. The Hall–Kier alpha value is -1.48. The minimum atomic E-state index is -0.846. The van der Waals surface area contributed by atoms with E-state index in [4.69, 9.17) is 0 Å². The molecule has 0 aliphatic carbocycles. The Kier molecular flexibility index (Phi) is 8.34. The van der Waals surface area contributed by atoms with Crippen molar-refractivity contribution in [2.24, 2.45) is 0 Å². The highest BCUT2D eigenvalue weighted by Crippen LogP contribution is 1.91. The second-order valence-electron chi connectivity index (χ2n) is 6.63. The summed E-state index contributed by atoms with van der Waals surface area (Å²) in [7, 11) is 0. The quantitative estimate of drug-likeness (QED) is 0.422. The monoisotopic (exact) mass is 342 g/mol. The molecular formula is C16H30N4O4. The molecule has 1 rings (SSSR count). The topological polar surface area (TPSA) is 109 Å². The molecule has 2 unspecified atom stereocenters. The van der Waals surface area contributed by atoms with E-state index in [0.29, 0.717) is 13.1 Å². The van der Waals surface area contributed by atoms with E-state index in [0.717, 1.165) is 4.57 Å². The molecule has 0 aliphatic heterocycles. The van der Waals surface area contributed by atoms with Crippen molar-refractivity contribution in [1.82, 2.24) is 19.8 Å². The van der Waals surface area contributed by atoms with E-state index in [1.807, 2.05) is 27.7 Å². The molecule has 4 N–H and O–H groups in total. The fourth-order valence-electron chi connectivity index (χ4n) is 2.17. The molecule has 2 atom stereocenters. The molecule has 0 amide bonds. The third-order valence-corrected chi connectivity index (χ3v) is 3.46. The van der Waals surface area contributed by atoms with Gasteiger partial charge < -0.3 is 20.8 Å². The first-order valence-electron chi connectivity index (χ1n) is 8.33. The molecule has 0 aliphatic rings. The summed E-state index contributed by atoms with van der Waals surface area (Å²) in [5, 5.41) is 26.1. The number of aromatic nitrogens is 2. The Labute approximate surface area is 142 Å². The summed E-state index contributed by atoms with van der Waals surface area (Å²) in [5.41, 5.74) is -0.996. The van der Waals surface area contributed by atoms with E-state index in [2.05, 4.69) is 10.6 Å². The average molecular weight is 342 g/mol. The molecule has 24 heavy (non-hydrogen) atoms. The van der Waals surface area contributed by atoms with Crippen LogP contribution in [0.15, 0.2) is 21.9 Å². The van der Waals surface area contributed by atoms with Crippen molar-refractivity contribution < 1.29 is 10.2 Å². The van der Waals surface area contributed by atoms with Crippen molar-refractivity contribution in [2.75, 3.05) is 13.1 Å². The second kappa shape index (κ2) is 9.73. The standard InChI is InChI=1S/C16H30N4O4/c1-11(2)17-7-13(21)9-19-6-5-15(23)20(16(19)24)10-14(22)8-18-12(3)4/h5-6,11-14,17-18,21-22H,7-10H2,1-4H3. The predicted octanol–water partition coefficient (Wildman–Crippen LogP) is -1.27. The van der Waals surface area contributed by atoms with Gasteiger partial charge in [0.15, 0.2) is 0 Å². The average Bonchev–Trinajstić information content (AvgIpc) is 2.50. The highest BCUT2D eigenvalue weighted by Gasteiger charge is 2.13. The molecule has 0 fully saturated rings. The smallest absolute Gasteiger partial charge is 0.331 e. The predicted molar refractivity (Wildman–Crippen MR) is 93.3 cm³/mol. The second-order valence-corrected chi connectivity index (χ2v) is 6.63. The number of hydrogen-bond donors (Lipinski definition) is 4. The van der Waals surface area contributed by atoms with Gasteiger partial charge in [-0.25, -0.2) is 4.79 Å². The summed E-state index contributed by atoms with van der Waals surface area (Å²) in [6.07, 6.45) is -0.219. The molecule has 1 aromatic rings. The Morgan fingerprint density at radius 3 is 1.96 bits per heavy atom. The maximum Gasteiger partial charge on any atom is 0.331 e. The van der Waals surface area contributed by atoms with Gasteiger partial charge >= 0.3 is 5.69 Å². The first-order valence-corrected chi connectivity index (χ1v) is 8.33. The van der Waals surface area contributed by atoms with Crippen LogP contribution >= 0.6 is 0 Å². The molecule has 0 bridgehead atoms. The molecule has 8 heteroatoms. The van der Waals surface area contributed by atoms with Gasteiger partial charge in [-0.05, 0) is 0 Å². The lowest BCUT2D eigenvalue weighted by molar-refractivity contribution is 0.137. The van der Waals surface area contributed by atoms with Crippen LogP contribution in [0.1, 0.15) is 27.7 Å². The number of rotatable bonds is 10. The van der Waals surface area contributed by atoms with Crippen molar-refractivity contribution in [3.8, 4) is 0 Å². The molecule has 0 spiro atoms. The maximum atomic E-state index is 12.4. The van der Waals surface area contributed by atoms with Crippen LogP contribution in [-0.4, -0.2) is 56.7 Å². The van der Waals surface area contributed by atoms with Crippen molar-refractivity contribution in [2.45, 2.75) is 65.1 Å². The van der Waals surface area contributed by atoms with E-state index >= 15 is 0 Å². The number of nitrogens with zero attached hydrogens (tertiary/aromatic N) is 2. The lowest BCUT2D eigenvalue weighted by atomic mass is 10.3. The fourth-order valence-corrected chi connectivity index (χ4v) is 2.17. The zero-order valence-corrected chi connectivity index (χ0v) is 14.9. The van der Waals surface area contributed by atoms with Crippen LogP contribution in [0.2, 0.25) is 0 Å². The normalized spacial score (nSPS) is 14.3. The van der Waals surface area contributed by atoms with Crippen LogP contribution in [0.3, 0.4) is 0 Å². The Bertz CT molecular complexity index is 609. The molecule has 0 radical (unpaired) electrons. The molecule has 0 saturated carbocycles. The summed E-state index contributed by atoms with van der Waals surface area (Å²) in [4.78, 5) is 24.3. The number of nitrogens with one attached hydrogen (secondary N) is 2. The van der Waals surface area contributed by atoms with E-state index in [1.54, 1.807) is 0 Å². The zero-order chi connectivity index (χ0) is 18.3. The third kappa shape index (κ3) is 6.96. The van der Waals surface area contributed by atoms with Crippen LogP contribution in [0.25, 0.3) is 0 Å². The third-order valence-electron chi connectivity index (χ3n) is 3.46. The van der Waals surface area contributed by atoms with Crippen LogP contribution in [0.4, 0.5) is 0 Å². The van der Waals surface area contributed by atoms with Gasteiger partial charge in [-0.15, -0.1) is 0 Å². The zero-order valence-electron chi connectivity index (χ0n) is 14.9. The number of aliphatic hydroxyl groups excluding tert-OH is 2. The van der Waals surface area contributed by atoms with Crippen LogP contribution in [-0.2, 0) is 13.1 Å². The van der Waals surface area contributed by atoms with E-state index in [1.165, 1.54) is 16.8 Å². The van der Waals surface area contributed by atoms with Crippen molar-refractivity contribution in [3.63, 3.8) is 0 Å². The van der Waals surface area contributed by atoms with Crippen LogP contribution < -0.4 is 21.9 Å². The number of hydrogen-bond acceptors (Lipinski definition) is 6. The van der Waals surface area contributed by atoms with Crippen LogP contribution in [0, 0.1) is 0 Å². The Morgan fingerprint density at radius 1 is 0.958 bits per heavy atom. The largest absolute Gasteiger partial charge is 0.390 e. The van der Waals surface area contributed by atoms with Gasteiger partial charge in [-0.3, -0.25) is 13.9 Å². The Balaban J connectivity index is 2.80. The summed E-state index contributed by atoms with van der Waals surface area (Å²) in [6, 6.07) is 1.70. The summed E-state index contributed by atoms with van der Waals surface area (Å²) in [6.45, 7) is 8.46.